The molecule has 1 aromatic heterocycles. The number of rotatable bonds is 8. The molecule has 0 atom stereocenters. The lowest BCUT2D eigenvalue weighted by molar-refractivity contribution is -0.134. The average molecular weight is 508 g/mol. The number of hydrogen-bond acceptors (Lipinski definition) is 5. The van der Waals surface area contributed by atoms with Crippen LogP contribution in [0.15, 0.2) is 79.0 Å². The van der Waals surface area contributed by atoms with E-state index in [-0.39, 0.29) is 0 Å². The van der Waals surface area contributed by atoms with Crippen LogP contribution < -0.4 is 4.90 Å². The Morgan fingerprint density at radius 1 is 1.06 bits per heavy atom. The van der Waals surface area contributed by atoms with Crippen molar-refractivity contribution in [1.82, 2.24) is 9.88 Å². The minimum atomic E-state index is -1.26. The molecule has 7 nitrogen and oxygen atoms in total. The van der Waals surface area contributed by atoms with Crippen LogP contribution in [0, 0.1) is 0 Å². The van der Waals surface area contributed by atoms with Crippen molar-refractivity contribution in [3.63, 3.8) is 0 Å². The zero-order valence-corrected chi connectivity index (χ0v) is 20.9. The molecule has 0 spiro atoms. The first-order valence-corrected chi connectivity index (χ1v) is 12.1. The molecule has 3 aromatic rings. The van der Waals surface area contributed by atoms with Crippen LogP contribution in [0.4, 0.5) is 5.82 Å². The SMILES string of the molecule is CN(CCCN1CC=C(c2cccc3ccccc23)CC1)c1ccc(Cl)cn1.O=C(O)C=CC(=O)O. The molecule has 0 saturated heterocycles. The predicted octanol–water partition coefficient (Wildman–Crippen LogP) is 5.22. The third-order valence-electron chi connectivity index (χ3n) is 5.87. The fraction of sp³-hybridized carbons (Fsp3) is 0.250. The zero-order valence-electron chi connectivity index (χ0n) is 20.2. The van der Waals surface area contributed by atoms with Gasteiger partial charge in [0.05, 0.1) is 5.02 Å². The van der Waals surface area contributed by atoms with E-state index in [1.807, 2.05) is 12.1 Å². The summed E-state index contributed by atoms with van der Waals surface area (Å²) in [5, 5.41) is 19.0. The number of aliphatic carboxylic acids is 2. The number of nitrogens with zero attached hydrogens (tertiary/aromatic N) is 3. The number of aromatic nitrogens is 1. The van der Waals surface area contributed by atoms with Crippen molar-refractivity contribution in [2.75, 3.05) is 38.1 Å². The van der Waals surface area contributed by atoms with Gasteiger partial charge < -0.3 is 15.1 Å². The number of pyridine rings is 1. The number of carboxylic acids is 2. The number of halogens is 1. The Hall–Kier alpha value is -3.68. The molecule has 188 valence electrons. The monoisotopic (exact) mass is 507 g/mol. The van der Waals surface area contributed by atoms with Crippen molar-refractivity contribution in [2.45, 2.75) is 12.8 Å². The smallest absolute Gasteiger partial charge is 0.328 e. The molecule has 1 aliphatic heterocycles. The van der Waals surface area contributed by atoms with E-state index in [0.29, 0.717) is 17.2 Å². The lowest BCUT2D eigenvalue weighted by Gasteiger charge is -2.28. The summed E-state index contributed by atoms with van der Waals surface area (Å²) < 4.78 is 0. The highest BCUT2D eigenvalue weighted by Crippen LogP contribution is 2.29. The van der Waals surface area contributed by atoms with E-state index >= 15 is 0 Å². The summed E-state index contributed by atoms with van der Waals surface area (Å²) in [6.07, 6.45) is 7.47. The molecule has 0 fully saturated rings. The van der Waals surface area contributed by atoms with Gasteiger partial charge in [0, 0.05) is 51.6 Å². The Morgan fingerprint density at radius 2 is 1.78 bits per heavy atom. The van der Waals surface area contributed by atoms with Gasteiger partial charge >= 0.3 is 11.9 Å². The van der Waals surface area contributed by atoms with Crippen molar-refractivity contribution in [2.24, 2.45) is 0 Å². The Kier molecular flexibility index (Phi) is 10.0. The fourth-order valence-corrected chi connectivity index (χ4v) is 4.16. The second-order valence-corrected chi connectivity index (χ2v) is 8.86. The Labute approximate surface area is 215 Å². The van der Waals surface area contributed by atoms with Gasteiger partial charge in [0.15, 0.2) is 0 Å². The molecule has 0 aliphatic carbocycles. The minimum absolute atomic E-state index is 0.558. The summed E-state index contributed by atoms with van der Waals surface area (Å²) in [5.41, 5.74) is 2.88. The van der Waals surface area contributed by atoms with Gasteiger partial charge in [-0.1, -0.05) is 60.1 Å². The van der Waals surface area contributed by atoms with Crippen LogP contribution in [0.2, 0.25) is 5.02 Å². The lowest BCUT2D eigenvalue weighted by atomic mass is 9.94. The van der Waals surface area contributed by atoms with Crippen molar-refractivity contribution >= 4 is 45.7 Å². The fourth-order valence-electron chi connectivity index (χ4n) is 4.05. The largest absolute Gasteiger partial charge is 0.478 e. The van der Waals surface area contributed by atoms with Gasteiger partial charge in [-0.15, -0.1) is 0 Å². The van der Waals surface area contributed by atoms with Gasteiger partial charge in [-0.2, -0.15) is 0 Å². The Bertz CT molecular complexity index is 1220. The van der Waals surface area contributed by atoms with E-state index in [0.717, 1.165) is 44.8 Å². The Morgan fingerprint density at radius 3 is 2.42 bits per heavy atom. The van der Waals surface area contributed by atoms with Crippen molar-refractivity contribution < 1.29 is 19.8 Å². The molecule has 8 heteroatoms. The molecule has 36 heavy (non-hydrogen) atoms. The number of benzene rings is 2. The first kappa shape index (κ1) is 26.9. The molecule has 1 aliphatic rings. The van der Waals surface area contributed by atoms with Crippen LogP contribution in [0.3, 0.4) is 0 Å². The zero-order chi connectivity index (χ0) is 25.9. The standard InChI is InChI=1S/C24H26ClN3.C4H4O4/c1-27(24-11-10-21(25)18-26-24)14-5-15-28-16-12-20(13-17-28)23-9-4-7-19-6-2-3-8-22(19)23;5-3(6)1-2-4(7)8/h2-4,6-12,18H,5,13-17H2,1H3;1-2H,(H,5,6)(H,7,8). The molecule has 0 saturated carbocycles. The summed E-state index contributed by atoms with van der Waals surface area (Å²) >= 11 is 5.92. The number of hydrogen-bond donors (Lipinski definition) is 2. The highest BCUT2D eigenvalue weighted by Gasteiger charge is 2.14. The first-order valence-electron chi connectivity index (χ1n) is 11.7. The van der Waals surface area contributed by atoms with E-state index in [2.05, 4.69) is 70.4 Å². The van der Waals surface area contributed by atoms with Gasteiger partial charge in [0.1, 0.15) is 5.82 Å². The Balaban J connectivity index is 0.000000392. The molecule has 2 aromatic carbocycles. The highest BCUT2D eigenvalue weighted by atomic mass is 35.5. The maximum absolute atomic E-state index is 9.55. The minimum Gasteiger partial charge on any atom is -0.478 e. The molecule has 0 amide bonds. The molecular weight excluding hydrogens is 478 g/mol. The highest BCUT2D eigenvalue weighted by molar-refractivity contribution is 6.30. The molecule has 4 rings (SSSR count). The number of fused-ring (bicyclic) bond motifs is 1. The second kappa shape index (κ2) is 13.4. The third kappa shape index (κ3) is 8.22. The first-order chi connectivity index (χ1) is 17.3. The molecule has 0 unspecified atom stereocenters. The van der Waals surface area contributed by atoms with Gasteiger partial charge in [0.25, 0.3) is 0 Å². The average Bonchev–Trinajstić information content (AvgIpc) is 2.88. The van der Waals surface area contributed by atoms with Crippen molar-refractivity contribution in [3.05, 3.63) is 89.6 Å². The van der Waals surface area contributed by atoms with Gasteiger partial charge in [-0.25, -0.2) is 14.6 Å². The van der Waals surface area contributed by atoms with Crippen molar-refractivity contribution in [1.29, 1.82) is 0 Å². The van der Waals surface area contributed by atoms with Crippen LogP contribution in [-0.4, -0.2) is 65.3 Å². The molecule has 0 radical (unpaired) electrons. The predicted molar refractivity (Wildman–Crippen MR) is 145 cm³/mol. The normalized spacial score (nSPS) is 13.7. The van der Waals surface area contributed by atoms with Crippen molar-refractivity contribution in [3.8, 4) is 0 Å². The summed E-state index contributed by atoms with van der Waals surface area (Å²) in [6, 6.07) is 19.2. The molecule has 2 heterocycles. The second-order valence-electron chi connectivity index (χ2n) is 8.43. The summed E-state index contributed by atoms with van der Waals surface area (Å²) in [7, 11) is 2.09. The number of carboxylic acid groups (broad SMARTS) is 2. The van der Waals surface area contributed by atoms with Crippen LogP contribution in [-0.2, 0) is 9.59 Å². The van der Waals surface area contributed by atoms with Crippen LogP contribution in [0.1, 0.15) is 18.4 Å². The van der Waals surface area contributed by atoms with E-state index in [1.165, 1.54) is 21.9 Å². The van der Waals surface area contributed by atoms with Crippen LogP contribution in [0.5, 0.6) is 0 Å². The topological polar surface area (TPSA) is 94.0 Å². The van der Waals surface area contributed by atoms with Crippen LogP contribution in [0.25, 0.3) is 16.3 Å². The van der Waals surface area contributed by atoms with E-state index in [9.17, 15) is 9.59 Å². The van der Waals surface area contributed by atoms with E-state index < -0.39 is 11.9 Å². The maximum atomic E-state index is 9.55. The van der Waals surface area contributed by atoms with E-state index in [4.69, 9.17) is 21.8 Å². The molecule has 2 N–H and O–H groups in total. The van der Waals surface area contributed by atoms with Gasteiger partial charge in [-0.3, -0.25) is 4.90 Å². The van der Waals surface area contributed by atoms with E-state index in [1.54, 1.807) is 6.20 Å². The quantitative estimate of drug-likeness (QED) is 0.404. The maximum Gasteiger partial charge on any atom is 0.328 e. The summed E-state index contributed by atoms with van der Waals surface area (Å²) in [5.74, 6) is -1.54. The van der Waals surface area contributed by atoms with Crippen LogP contribution >= 0.6 is 11.6 Å². The number of anilines is 1. The number of carbonyl (C=O) groups is 2. The molecular formula is C28H30ClN3O4. The third-order valence-corrected chi connectivity index (χ3v) is 6.09. The molecule has 0 bridgehead atoms. The lowest BCUT2D eigenvalue weighted by Crippen LogP contribution is -2.32. The van der Waals surface area contributed by atoms with Gasteiger partial charge in [-0.05, 0) is 46.9 Å². The summed E-state index contributed by atoms with van der Waals surface area (Å²) in [6.45, 7) is 4.25. The summed E-state index contributed by atoms with van der Waals surface area (Å²) in [4.78, 5) is 28.2. The van der Waals surface area contributed by atoms with Gasteiger partial charge in [0.2, 0.25) is 0 Å².